The Morgan fingerprint density at radius 2 is 1.87 bits per heavy atom. The molecule has 0 saturated heterocycles. The summed E-state index contributed by atoms with van der Waals surface area (Å²) in [5.74, 6) is 0.151. The lowest BCUT2D eigenvalue weighted by molar-refractivity contribution is -0.0384. The SMILES string of the molecule is Cc1ccc(-c2cc(C(=O)NC(C)C)cc(C3=NOC(C)(C(C)C)C3)c2)c(C#N)c1. The zero-order chi connectivity index (χ0) is 22.1. The Labute approximate surface area is 178 Å². The third-order valence-corrected chi connectivity index (χ3v) is 5.66. The van der Waals surface area contributed by atoms with Crippen LogP contribution < -0.4 is 5.32 Å². The van der Waals surface area contributed by atoms with E-state index in [1.807, 2.05) is 57.2 Å². The van der Waals surface area contributed by atoms with E-state index in [1.54, 1.807) is 0 Å². The third kappa shape index (κ3) is 4.38. The van der Waals surface area contributed by atoms with Crippen LogP contribution in [0.15, 0.2) is 41.6 Å². The van der Waals surface area contributed by atoms with Crippen molar-refractivity contribution in [3.05, 3.63) is 58.7 Å². The number of benzene rings is 2. The first-order chi connectivity index (χ1) is 14.1. The van der Waals surface area contributed by atoms with E-state index < -0.39 is 0 Å². The van der Waals surface area contributed by atoms with Crippen molar-refractivity contribution in [2.75, 3.05) is 0 Å². The van der Waals surface area contributed by atoms with E-state index in [4.69, 9.17) is 4.84 Å². The number of carbonyl (C=O) groups excluding carboxylic acids is 1. The van der Waals surface area contributed by atoms with E-state index in [1.165, 1.54) is 0 Å². The van der Waals surface area contributed by atoms with E-state index in [0.717, 1.165) is 28.0 Å². The number of amides is 1. The Balaban J connectivity index is 2.12. The van der Waals surface area contributed by atoms with Gasteiger partial charge in [0.15, 0.2) is 0 Å². The minimum atomic E-state index is -0.368. The van der Waals surface area contributed by atoms with Crippen LogP contribution in [0.2, 0.25) is 0 Å². The van der Waals surface area contributed by atoms with Crippen molar-refractivity contribution in [2.45, 2.75) is 59.6 Å². The van der Waals surface area contributed by atoms with Gasteiger partial charge in [0.2, 0.25) is 0 Å². The summed E-state index contributed by atoms with van der Waals surface area (Å²) >= 11 is 0. The molecule has 1 N–H and O–H groups in total. The summed E-state index contributed by atoms with van der Waals surface area (Å²) in [5, 5.41) is 16.9. The predicted octanol–water partition coefficient (Wildman–Crippen LogP) is 5.21. The monoisotopic (exact) mass is 403 g/mol. The van der Waals surface area contributed by atoms with Crippen LogP contribution in [0.1, 0.15) is 68.1 Å². The smallest absolute Gasteiger partial charge is 0.251 e. The van der Waals surface area contributed by atoms with Gasteiger partial charge in [-0.25, -0.2) is 0 Å². The molecule has 2 aromatic carbocycles. The molecule has 1 aliphatic heterocycles. The summed E-state index contributed by atoms with van der Waals surface area (Å²) in [4.78, 5) is 18.6. The number of hydrogen-bond donors (Lipinski definition) is 1. The fraction of sp³-hybridized carbons (Fsp3) is 0.400. The Hall–Kier alpha value is -3.13. The zero-order valence-corrected chi connectivity index (χ0v) is 18.5. The third-order valence-electron chi connectivity index (χ3n) is 5.66. The quantitative estimate of drug-likeness (QED) is 0.744. The number of nitrogens with zero attached hydrogens (tertiary/aromatic N) is 2. The van der Waals surface area contributed by atoms with Gasteiger partial charge in [-0.1, -0.05) is 31.1 Å². The van der Waals surface area contributed by atoms with Crippen LogP contribution in [0.25, 0.3) is 11.1 Å². The average Bonchev–Trinajstić information content (AvgIpc) is 3.10. The average molecular weight is 404 g/mol. The van der Waals surface area contributed by atoms with Crippen molar-refractivity contribution < 1.29 is 9.63 Å². The van der Waals surface area contributed by atoms with E-state index >= 15 is 0 Å². The molecule has 30 heavy (non-hydrogen) atoms. The second-order valence-corrected chi connectivity index (χ2v) is 8.86. The maximum Gasteiger partial charge on any atom is 0.251 e. The van der Waals surface area contributed by atoms with Crippen LogP contribution in [0.3, 0.4) is 0 Å². The van der Waals surface area contributed by atoms with Gasteiger partial charge in [-0.2, -0.15) is 5.26 Å². The Kier molecular flexibility index (Phi) is 5.98. The minimum Gasteiger partial charge on any atom is -0.389 e. The second-order valence-electron chi connectivity index (χ2n) is 8.86. The number of carbonyl (C=O) groups is 1. The first-order valence-corrected chi connectivity index (χ1v) is 10.4. The van der Waals surface area contributed by atoms with Crippen molar-refractivity contribution in [1.29, 1.82) is 5.26 Å². The highest BCUT2D eigenvalue weighted by Crippen LogP contribution is 2.34. The topological polar surface area (TPSA) is 74.5 Å². The lowest BCUT2D eigenvalue weighted by Gasteiger charge is -2.25. The van der Waals surface area contributed by atoms with Gasteiger partial charge in [0, 0.05) is 23.6 Å². The maximum absolute atomic E-state index is 12.8. The molecular weight excluding hydrogens is 374 g/mol. The molecule has 1 unspecified atom stereocenters. The van der Waals surface area contributed by atoms with E-state index in [9.17, 15) is 10.1 Å². The highest BCUT2D eigenvalue weighted by molar-refractivity contribution is 6.05. The molecule has 0 fully saturated rings. The molecule has 0 radical (unpaired) electrons. The zero-order valence-electron chi connectivity index (χ0n) is 18.5. The number of oxime groups is 1. The van der Waals surface area contributed by atoms with Gasteiger partial charge in [-0.15, -0.1) is 0 Å². The number of hydrogen-bond acceptors (Lipinski definition) is 4. The molecular formula is C25H29N3O2. The molecule has 0 saturated carbocycles. The highest BCUT2D eigenvalue weighted by Gasteiger charge is 2.38. The summed E-state index contributed by atoms with van der Waals surface area (Å²) < 4.78 is 0. The van der Waals surface area contributed by atoms with E-state index in [-0.39, 0.29) is 17.6 Å². The molecule has 0 aromatic heterocycles. The van der Waals surface area contributed by atoms with Gasteiger partial charge in [0.25, 0.3) is 5.91 Å². The predicted molar refractivity (Wildman–Crippen MR) is 119 cm³/mol. The van der Waals surface area contributed by atoms with Crippen LogP contribution in [-0.4, -0.2) is 23.3 Å². The molecule has 1 atom stereocenters. The summed E-state index contributed by atoms with van der Waals surface area (Å²) in [5.41, 5.74) is 5.06. The van der Waals surface area contributed by atoms with Crippen LogP contribution in [0, 0.1) is 24.2 Å². The van der Waals surface area contributed by atoms with Crippen molar-refractivity contribution >= 4 is 11.6 Å². The van der Waals surface area contributed by atoms with Crippen LogP contribution in [0.4, 0.5) is 0 Å². The highest BCUT2D eigenvalue weighted by atomic mass is 16.7. The minimum absolute atomic E-state index is 0.0232. The first-order valence-electron chi connectivity index (χ1n) is 10.4. The molecule has 2 aromatic rings. The molecule has 156 valence electrons. The van der Waals surface area contributed by atoms with Crippen molar-refractivity contribution in [3.63, 3.8) is 0 Å². The summed E-state index contributed by atoms with van der Waals surface area (Å²) in [6, 6.07) is 13.8. The molecule has 1 amide bonds. The Morgan fingerprint density at radius 1 is 1.17 bits per heavy atom. The van der Waals surface area contributed by atoms with Crippen molar-refractivity contribution in [3.8, 4) is 17.2 Å². The van der Waals surface area contributed by atoms with Crippen LogP contribution in [-0.2, 0) is 4.84 Å². The Bertz CT molecular complexity index is 1050. The number of rotatable bonds is 5. The van der Waals surface area contributed by atoms with E-state index in [2.05, 4.69) is 37.3 Å². The largest absolute Gasteiger partial charge is 0.389 e. The maximum atomic E-state index is 12.8. The molecule has 0 bridgehead atoms. The molecule has 5 nitrogen and oxygen atoms in total. The fourth-order valence-corrected chi connectivity index (χ4v) is 3.45. The second kappa shape index (κ2) is 8.31. The summed E-state index contributed by atoms with van der Waals surface area (Å²) in [6.07, 6.45) is 0.665. The first kappa shape index (κ1) is 21.6. The lowest BCUT2D eigenvalue weighted by Crippen LogP contribution is -2.31. The van der Waals surface area contributed by atoms with Gasteiger partial charge < -0.3 is 10.2 Å². The van der Waals surface area contributed by atoms with Gasteiger partial charge in [0.1, 0.15) is 5.60 Å². The van der Waals surface area contributed by atoms with Crippen LogP contribution in [0.5, 0.6) is 0 Å². The molecule has 1 aliphatic rings. The van der Waals surface area contributed by atoms with Crippen LogP contribution >= 0.6 is 0 Å². The molecule has 0 aliphatic carbocycles. The standard InChI is InChI=1S/C25H29N3O2/c1-15(2)25(6)13-23(28-30-25)19-10-18(11-20(12-19)24(29)27-16(3)4)22-8-7-17(5)9-21(22)14-26/h7-12,15-16H,13H2,1-6H3,(H,27,29). The molecule has 3 rings (SSSR count). The van der Waals surface area contributed by atoms with Gasteiger partial charge >= 0.3 is 0 Å². The lowest BCUT2D eigenvalue weighted by atomic mass is 9.85. The van der Waals surface area contributed by atoms with E-state index in [0.29, 0.717) is 23.5 Å². The summed E-state index contributed by atoms with van der Waals surface area (Å²) in [6.45, 7) is 12.1. The van der Waals surface area contributed by atoms with Crippen molar-refractivity contribution in [2.24, 2.45) is 11.1 Å². The van der Waals surface area contributed by atoms with Crippen molar-refractivity contribution in [1.82, 2.24) is 5.32 Å². The van der Waals surface area contributed by atoms with Gasteiger partial charge in [-0.3, -0.25) is 4.79 Å². The number of aryl methyl sites for hydroxylation is 1. The Morgan fingerprint density at radius 3 is 2.47 bits per heavy atom. The summed E-state index contributed by atoms with van der Waals surface area (Å²) in [7, 11) is 0. The van der Waals surface area contributed by atoms with Gasteiger partial charge in [0.05, 0.1) is 17.3 Å². The van der Waals surface area contributed by atoms with Gasteiger partial charge in [-0.05, 0) is 74.6 Å². The molecule has 5 heteroatoms. The normalized spacial score (nSPS) is 18.2. The fourth-order valence-electron chi connectivity index (χ4n) is 3.45. The molecule has 0 spiro atoms. The molecule has 1 heterocycles. The number of nitriles is 1. The number of nitrogens with one attached hydrogen (secondary N) is 1.